The van der Waals surface area contributed by atoms with E-state index in [2.05, 4.69) is 13.8 Å². The topological polar surface area (TPSA) is 139 Å². The van der Waals surface area contributed by atoms with Gasteiger partial charge in [-0.05, 0) is 5.92 Å². The molecule has 2 aromatic carbocycles. The molecule has 9 heteroatoms. The van der Waals surface area contributed by atoms with Crippen molar-refractivity contribution in [3.63, 3.8) is 0 Å². The third kappa shape index (κ3) is 11.7. The van der Waals surface area contributed by atoms with Crippen LogP contribution < -0.4 is 11.5 Å². The summed E-state index contributed by atoms with van der Waals surface area (Å²) in [7, 11) is 0. The Kier molecular flexibility index (Phi) is 15.6. The fourth-order valence-electron chi connectivity index (χ4n) is 5.37. The van der Waals surface area contributed by atoms with E-state index in [9.17, 15) is 17.7 Å². The molecular formula is C35H54N2O6Ti. The van der Waals surface area contributed by atoms with Gasteiger partial charge in [-0.1, -0.05) is 39.5 Å². The number of nitrogens with two attached hydrogens (primary N) is 2. The van der Waals surface area contributed by atoms with E-state index < -0.39 is 36.3 Å². The predicted octanol–water partition coefficient (Wildman–Crippen LogP) is 8.78. The van der Waals surface area contributed by atoms with Crippen molar-refractivity contribution in [3.05, 3.63) is 59.7 Å². The molecule has 0 amide bonds. The van der Waals surface area contributed by atoms with E-state index in [1.165, 1.54) is 114 Å². The molecule has 0 fully saturated rings. The van der Waals surface area contributed by atoms with Crippen LogP contribution in [0, 0.1) is 5.92 Å². The first-order valence-electron chi connectivity index (χ1n) is 16.5. The number of anilines is 2. The molecule has 0 aliphatic rings. The molecule has 0 aromatic heterocycles. The second-order valence-electron chi connectivity index (χ2n) is 12.7. The van der Waals surface area contributed by atoms with E-state index in [4.69, 9.17) is 18.1 Å². The number of unbranched alkanes of at least 4 members (excludes halogenated alkanes) is 11. The molecule has 0 aliphatic heterocycles. The van der Waals surface area contributed by atoms with Gasteiger partial charge in [0.25, 0.3) is 0 Å². The van der Waals surface area contributed by atoms with Gasteiger partial charge in [0.2, 0.25) is 0 Å². The Hall–Kier alpha value is -2.68. The van der Waals surface area contributed by atoms with Gasteiger partial charge in [-0.25, -0.2) is 0 Å². The van der Waals surface area contributed by atoms with Crippen LogP contribution in [0.4, 0.5) is 11.4 Å². The zero-order valence-electron chi connectivity index (χ0n) is 27.3. The van der Waals surface area contributed by atoms with Gasteiger partial charge in [0.05, 0.1) is 0 Å². The van der Waals surface area contributed by atoms with Gasteiger partial charge in [0.1, 0.15) is 0 Å². The van der Waals surface area contributed by atoms with Crippen LogP contribution in [0.1, 0.15) is 138 Å². The fourth-order valence-corrected chi connectivity index (χ4v) is 10.6. The molecule has 2 aromatic rings. The fraction of sp³-hybridized carbons (Fsp3) is 0.571. The molecule has 0 spiro atoms. The summed E-state index contributed by atoms with van der Waals surface area (Å²) in [5.41, 5.74) is 12.1. The van der Waals surface area contributed by atoms with Crippen LogP contribution >= 0.6 is 0 Å². The van der Waals surface area contributed by atoms with E-state index >= 15 is 0 Å². The van der Waals surface area contributed by atoms with Crippen molar-refractivity contribution < 1.29 is 40.4 Å². The summed E-state index contributed by atoms with van der Waals surface area (Å²) in [5, 5.41) is 0. The maximum atomic E-state index is 15.0. The third-order valence-electron chi connectivity index (χ3n) is 7.79. The Morgan fingerprint density at radius 3 is 1.34 bits per heavy atom. The van der Waals surface area contributed by atoms with Crippen LogP contribution in [0.2, 0.25) is 0 Å². The Labute approximate surface area is 265 Å². The summed E-state index contributed by atoms with van der Waals surface area (Å²) in [4.78, 5) is 41.1. The van der Waals surface area contributed by atoms with Crippen molar-refractivity contribution in [2.75, 3.05) is 11.5 Å². The normalized spacial score (nSPS) is 12.1. The Balaban J connectivity index is 1.98. The molecule has 0 atom stereocenters. The molecule has 44 heavy (non-hydrogen) atoms. The van der Waals surface area contributed by atoms with Gasteiger partial charge in [0.15, 0.2) is 0 Å². The third-order valence-corrected chi connectivity index (χ3v) is 13.5. The molecular weight excluding hydrogens is 592 g/mol. The molecule has 0 unspecified atom stereocenters. The van der Waals surface area contributed by atoms with Crippen LogP contribution in [-0.2, 0) is 30.8 Å². The van der Waals surface area contributed by atoms with Gasteiger partial charge in [-0.15, -0.1) is 0 Å². The SMILES string of the molecule is CC(C)CCCCCCCCCCCCCCC(=O)[O][Ti](=[O])([O]C(C)C)([C](=O)c1ccc(N)cc1)[C](=O)c1ccc(N)cc1. The number of carbonyl (C=O) groups is 3. The van der Waals surface area contributed by atoms with Crippen molar-refractivity contribution in [3.8, 4) is 0 Å². The number of rotatable bonds is 22. The predicted molar refractivity (Wildman–Crippen MR) is 173 cm³/mol. The number of nitrogen functional groups attached to an aromatic ring is 2. The molecule has 0 saturated heterocycles. The quantitative estimate of drug-likeness (QED) is 0.0735. The summed E-state index contributed by atoms with van der Waals surface area (Å²) in [6.07, 6.45) is 14.0. The van der Waals surface area contributed by atoms with Gasteiger partial charge in [-0.3, -0.25) is 0 Å². The minimum atomic E-state index is -7.17. The summed E-state index contributed by atoms with van der Waals surface area (Å²) < 4.78 is 24.0. The summed E-state index contributed by atoms with van der Waals surface area (Å²) in [5.74, 6) is -0.0911. The number of carbonyl (C=O) groups excluding carboxylic acids is 3. The summed E-state index contributed by atoms with van der Waals surface area (Å²) >= 11 is -7.17. The molecule has 0 saturated carbocycles. The number of benzene rings is 2. The van der Waals surface area contributed by atoms with Crippen LogP contribution in [-0.4, -0.2) is 20.2 Å². The van der Waals surface area contributed by atoms with Crippen molar-refractivity contribution in [1.29, 1.82) is 0 Å². The minimum absolute atomic E-state index is 0.0795. The number of hydrogen-bond acceptors (Lipinski definition) is 8. The molecule has 0 heterocycles. The van der Waals surface area contributed by atoms with Crippen LogP contribution in [0.3, 0.4) is 0 Å². The Bertz CT molecular complexity index is 1190. The zero-order valence-corrected chi connectivity index (χ0v) is 28.8. The van der Waals surface area contributed by atoms with Gasteiger partial charge in [0, 0.05) is 0 Å². The Morgan fingerprint density at radius 2 is 0.977 bits per heavy atom. The van der Waals surface area contributed by atoms with Crippen LogP contribution in [0.5, 0.6) is 0 Å². The second kappa shape index (κ2) is 18.3. The molecule has 0 radical (unpaired) electrons. The van der Waals surface area contributed by atoms with E-state index in [1.54, 1.807) is 0 Å². The summed E-state index contributed by atoms with van der Waals surface area (Å²) in [6.45, 7) is 7.63. The van der Waals surface area contributed by atoms with Gasteiger partial charge < -0.3 is 0 Å². The molecule has 0 bridgehead atoms. The number of hydrogen-bond donors (Lipinski definition) is 2. The van der Waals surface area contributed by atoms with Crippen molar-refractivity contribution in [2.24, 2.45) is 5.92 Å². The molecule has 4 N–H and O–H groups in total. The second-order valence-corrected chi connectivity index (χ2v) is 17.9. The van der Waals surface area contributed by atoms with Crippen molar-refractivity contribution >= 4 is 25.5 Å². The first-order valence-corrected chi connectivity index (χ1v) is 19.9. The average molecular weight is 647 g/mol. The first kappa shape index (κ1) is 37.5. The molecule has 8 nitrogen and oxygen atoms in total. The average Bonchev–Trinajstić information content (AvgIpc) is 2.97. The van der Waals surface area contributed by atoms with Gasteiger partial charge >= 0.3 is 221 Å². The monoisotopic (exact) mass is 646 g/mol. The first-order chi connectivity index (χ1) is 20.9. The molecule has 2 rings (SSSR count). The standard InChI is InChI=1S/C18H36O2.2C7H6NO.C3H7O.O.Ti/c1-17(2)15-13-11-9-7-5-3-4-6-8-10-12-14-16-18(19)20;2*8-7-3-1-6(5-9)2-4-7;1-3(2)4;;/h17H,3-16H2,1-2H3,(H,19,20);2*1-4H,8H2;3H,1-2H3;;/q;;;-1;;+2/p-1. The molecule has 244 valence electrons. The van der Waals surface area contributed by atoms with E-state index in [0.717, 1.165) is 31.6 Å². The molecule has 0 aliphatic carbocycles. The van der Waals surface area contributed by atoms with Crippen LogP contribution in [0.15, 0.2) is 48.5 Å². The zero-order chi connectivity index (χ0) is 32.6. The van der Waals surface area contributed by atoms with Crippen molar-refractivity contribution in [2.45, 2.75) is 124 Å². The van der Waals surface area contributed by atoms with Crippen molar-refractivity contribution in [1.82, 2.24) is 0 Å². The van der Waals surface area contributed by atoms with E-state index in [0.29, 0.717) is 17.8 Å². The van der Waals surface area contributed by atoms with Crippen LogP contribution in [0.25, 0.3) is 0 Å². The maximum absolute atomic E-state index is 15.0. The van der Waals surface area contributed by atoms with E-state index in [-0.39, 0.29) is 17.5 Å². The van der Waals surface area contributed by atoms with E-state index in [1.807, 2.05) is 0 Å². The van der Waals surface area contributed by atoms with Gasteiger partial charge in [-0.2, -0.15) is 0 Å². The Morgan fingerprint density at radius 1 is 0.614 bits per heavy atom. The summed E-state index contributed by atoms with van der Waals surface area (Å²) in [6, 6.07) is 11.2.